The molecule has 0 saturated heterocycles. The zero-order chi connectivity index (χ0) is 29.2. The molecule has 4 aromatic carbocycles. The van der Waals surface area contributed by atoms with Gasteiger partial charge >= 0.3 is 5.97 Å². The number of fused-ring (bicyclic) bond motifs is 2. The Morgan fingerprint density at radius 1 is 0.881 bits per heavy atom. The standard InChI is InChI=1S/C35H29NO6/c1-3-4-19-40-35(39)23-14-16-25(17-15-23)36-31(24-9-8-12-27(21-24)41-26-10-6-5-7-11-26)30-32(37)28-20-22(2)13-18-29(28)42-33(30)34(36)38/h5-18,20-21,31H,3-4,19H2,1-2H3. The van der Waals surface area contributed by atoms with Gasteiger partial charge in [-0.25, -0.2) is 4.79 Å². The van der Waals surface area contributed by atoms with E-state index in [1.807, 2.05) is 74.5 Å². The van der Waals surface area contributed by atoms with E-state index in [2.05, 4.69) is 0 Å². The lowest BCUT2D eigenvalue weighted by atomic mass is 9.97. The van der Waals surface area contributed by atoms with Gasteiger partial charge in [0.15, 0.2) is 5.43 Å². The Morgan fingerprint density at radius 3 is 2.40 bits per heavy atom. The van der Waals surface area contributed by atoms with Crippen LogP contribution in [0.5, 0.6) is 11.5 Å². The van der Waals surface area contributed by atoms with Crippen molar-refractivity contribution in [3.63, 3.8) is 0 Å². The van der Waals surface area contributed by atoms with Crippen LogP contribution < -0.4 is 15.1 Å². The van der Waals surface area contributed by atoms with E-state index in [1.165, 1.54) is 4.90 Å². The molecule has 0 bridgehead atoms. The van der Waals surface area contributed by atoms with Crippen molar-refractivity contribution in [2.45, 2.75) is 32.7 Å². The zero-order valence-corrected chi connectivity index (χ0v) is 23.3. The molecule has 6 rings (SSSR count). The van der Waals surface area contributed by atoms with E-state index in [0.717, 1.165) is 18.4 Å². The number of amides is 1. The van der Waals surface area contributed by atoms with Crippen LogP contribution in [0.1, 0.15) is 63.4 Å². The van der Waals surface area contributed by atoms with Gasteiger partial charge in [-0.1, -0.05) is 55.3 Å². The third-order valence-electron chi connectivity index (χ3n) is 7.29. The molecule has 1 aromatic heterocycles. The molecule has 1 aliphatic rings. The van der Waals surface area contributed by atoms with Crippen LogP contribution in [0.4, 0.5) is 5.69 Å². The van der Waals surface area contributed by atoms with E-state index < -0.39 is 17.9 Å². The summed E-state index contributed by atoms with van der Waals surface area (Å²) in [5.41, 5.74) is 2.83. The second-order valence-corrected chi connectivity index (χ2v) is 10.3. The smallest absolute Gasteiger partial charge is 0.338 e. The number of carbonyl (C=O) groups is 2. The molecule has 5 aromatic rings. The first kappa shape index (κ1) is 27.0. The molecule has 1 unspecified atom stereocenters. The number of benzene rings is 4. The fourth-order valence-electron chi connectivity index (χ4n) is 5.19. The van der Waals surface area contributed by atoms with E-state index in [-0.39, 0.29) is 16.8 Å². The Bertz CT molecular complexity index is 1840. The number of carbonyl (C=O) groups excluding carboxylic acids is 2. The predicted molar refractivity (Wildman–Crippen MR) is 160 cm³/mol. The maximum Gasteiger partial charge on any atom is 0.338 e. The third kappa shape index (κ3) is 5.05. The number of hydrogen-bond acceptors (Lipinski definition) is 6. The van der Waals surface area contributed by atoms with E-state index in [9.17, 15) is 14.4 Å². The van der Waals surface area contributed by atoms with E-state index in [1.54, 1.807) is 36.4 Å². The van der Waals surface area contributed by atoms with Gasteiger partial charge in [0.1, 0.15) is 17.1 Å². The number of rotatable bonds is 8. The number of aryl methyl sites for hydroxylation is 1. The number of nitrogens with zero attached hydrogens (tertiary/aromatic N) is 1. The topological polar surface area (TPSA) is 86.0 Å². The number of esters is 1. The molecule has 0 saturated carbocycles. The molecule has 2 heterocycles. The lowest BCUT2D eigenvalue weighted by Crippen LogP contribution is -2.29. The number of anilines is 1. The van der Waals surface area contributed by atoms with Gasteiger partial charge in [0, 0.05) is 5.69 Å². The highest BCUT2D eigenvalue weighted by Crippen LogP contribution is 2.42. The van der Waals surface area contributed by atoms with Crippen LogP contribution in [0, 0.1) is 6.92 Å². The summed E-state index contributed by atoms with van der Waals surface area (Å²) in [6.07, 6.45) is 1.71. The summed E-state index contributed by atoms with van der Waals surface area (Å²) in [4.78, 5) is 42.0. The van der Waals surface area contributed by atoms with Crippen molar-refractivity contribution in [2.24, 2.45) is 0 Å². The second-order valence-electron chi connectivity index (χ2n) is 10.3. The quantitative estimate of drug-likeness (QED) is 0.144. The highest BCUT2D eigenvalue weighted by molar-refractivity contribution is 6.10. The van der Waals surface area contributed by atoms with Crippen molar-refractivity contribution in [3.8, 4) is 11.5 Å². The predicted octanol–water partition coefficient (Wildman–Crippen LogP) is 7.60. The first-order valence-electron chi connectivity index (χ1n) is 14.0. The van der Waals surface area contributed by atoms with Crippen LogP contribution in [-0.4, -0.2) is 18.5 Å². The Balaban J connectivity index is 1.45. The second kappa shape index (κ2) is 11.4. The van der Waals surface area contributed by atoms with Crippen LogP contribution >= 0.6 is 0 Å². The molecule has 0 fully saturated rings. The summed E-state index contributed by atoms with van der Waals surface area (Å²) in [6.45, 7) is 4.28. The van der Waals surface area contributed by atoms with Gasteiger partial charge in [-0.3, -0.25) is 14.5 Å². The van der Waals surface area contributed by atoms with E-state index >= 15 is 0 Å². The summed E-state index contributed by atoms with van der Waals surface area (Å²) < 4.78 is 17.5. The molecular weight excluding hydrogens is 530 g/mol. The first-order valence-corrected chi connectivity index (χ1v) is 14.0. The van der Waals surface area contributed by atoms with Crippen LogP contribution in [-0.2, 0) is 4.74 Å². The molecule has 1 amide bonds. The minimum atomic E-state index is -0.782. The average molecular weight is 560 g/mol. The van der Waals surface area contributed by atoms with Crippen LogP contribution in [0.25, 0.3) is 11.0 Å². The van der Waals surface area contributed by atoms with Gasteiger partial charge in [0.2, 0.25) is 5.76 Å². The van der Waals surface area contributed by atoms with E-state index in [0.29, 0.717) is 45.9 Å². The van der Waals surface area contributed by atoms with Crippen molar-refractivity contribution in [2.75, 3.05) is 11.5 Å². The maximum absolute atomic E-state index is 14.0. The van der Waals surface area contributed by atoms with Crippen LogP contribution in [0.15, 0.2) is 106 Å². The van der Waals surface area contributed by atoms with Gasteiger partial charge in [-0.2, -0.15) is 0 Å². The molecule has 210 valence electrons. The summed E-state index contributed by atoms with van der Waals surface area (Å²) in [5.74, 6) is 0.357. The Labute approximate surface area is 242 Å². The first-order chi connectivity index (χ1) is 20.4. The molecule has 42 heavy (non-hydrogen) atoms. The van der Waals surface area contributed by atoms with E-state index in [4.69, 9.17) is 13.9 Å². The van der Waals surface area contributed by atoms with Gasteiger partial charge in [0.25, 0.3) is 5.91 Å². The molecule has 0 radical (unpaired) electrons. The monoisotopic (exact) mass is 559 g/mol. The lowest BCUT2D eigenvalue weighted by molar-refractivity contribution is 0.0499. The Hall–Kier alpha value is -5.17. The molecule has 1 atom stereocenters. The Morgan fingerprint density at radius 2 is 1.64 bits per heavy atom. The van der Waals surface area contributed by atoms with Crippen molar-refractivity contribution in [1.82, 2.24) is 0 Å². The number of hydrogen-bond donors (Lipinski definition) is 0. The molecule has 0 aliphatic carbocycles. The molecule has 1 aliphatic heterocycles. The molecule has 7 nitrogen and oxygen atoms in total. The molecule has 7 heteroatoms. The summed E-state index contributed by atoms with van der Waals surface area (Å²) in [6, 6.07) is 27.9. The average Bonchev–Trinajstić information content (AvgIpc) is 3.30. The van der Waals surface area contributed by atoms with Crippen molar-refractivity contribution in [1.29, 1.82) is 0 Å². The van der Waals surface area contributed by atoms with Gasteiger partial charge in [0.05, 0.1) is 29.2 Å². The third-order valence-corrected chi connectivity index (χ3v) is 7.29. The molecule has 0 N–H and O–H groups in total. The maximum atomic E-state index is 14.0. The lowest BCUT2D eigenvalue weighted by Gasteiger charge is -2.25. The fourth-order valence-corrected chi connectivity index (χ4v) is 5.19. The largest absolute Gasteiger partial charge is 0.462 e. The van der Waals surface area contributed by atoms with Crippen molar-refractivity contribution in [3.05, 3.63) is 135 Å². The molecule has 0 spiro atoms. The summed E-state index contributed by atoms with van der Waals surface area (Å²) in [5, 5.41) is 0.412. The van der Waals surface area contributed by atoms with Gasteiger partial charge in [-0.05, 0) is 79.6 Å². The van der Waals surface area contributed by atoms with Crippen LogP contribution in [0.3, 0.4) is 0 Å². The highest BCUT2D eigenvalue weighted by Gasteiger charge is 2.43. The minimum absolute atomic E-state index is 0.00112. The van der Waals surface area contributed by atoms with Gasteiger partial charge in [-0.15, -0.1) is 0 Å². The highest BCUT2D eigenvalue weighted by atomic mass is 16.5. The van der Waals surface area contributed by atoms with Crippen molar-refractivity contribution < 1.29 is 23.5 Å². The fraction of sp³-hybridized carbons (Fsp3) is 0.171. The Kier molecular flexibility index (Phi) is 7.32. The molecular formula is C35H29NO6. The van der Waals surface area contributed by atoms with Crippen LogP contribution in [0.2, 0.25) is 0 Å². The number of para-hydroxylation sites is 1. The summed E-state index contributed by atoms with van der Waals surface area (Å²) in [7, 11) is 0. The zero-order valence-electron chi connectivity index (χ0n) is 23.3. The minimum Gasteiger partial charge on any atom is -0.462 e. The normalized spacial score (nSPS) is 14.2. The van der Waals surface area contributed by atoms with Crippen molar-refractivity contribution >= 4 is 28.5 Å². The summed E-state index contributed by atoms with van der Waals surface area (Å²) >= 11 is 0. The number of unbranched alkanes of at least 4 members (excludes halogenated alkanes) is 1. The van der Waals surface area contributed by atoms with Gasteiger partial charge < -0.3 is 13.9 Å². The number of ether oxygens (including phenoxy) is 2. The SMILES string of the molecule is CCCCOC(=O)c1ccc(N2C(=O)c3oc4ccc(C)cc4c(=O)c3C2c2cccc(Oc3ccccc3)c2)cc1.